The molecule has 17 heavy (non-hydrogen) atoms. The van der Waals surface area contributed by atoms with Gasteiger partial charge in [-0.15, -0.1) is 11.3 Å². The summed E-state index contributed by atoms with van der Waals surface area (Å²) in [5, 5.41) is 0.449. The third-order valence-electron chi connectivity index (χ3n) is 2.11. The first-order valence-electron chi connectivity index (χ1n) is 4.81. The van der Waals surface area contributed by atoms with Gasteiger partial charge >= 0.3 is 0 Å². The van der Waals surface area contributed by atoms with E-state index in [-0.39, 0.29) is 0 Å². The standard InChI is InChI=1S/C12H8BrClO2S/c13-11-5-4-9(17-11)7-16-12-8(6-15)2-1-3-10(12)14/h1-6H,7H2. The normalized spacial score (nSPS) is 10.2. The molecule has 0 saturated carbocycles. The van der Waals surface area contributed by atoms with Crippen molar-refractivity contribution in [3.8, 4) is 5.75 Å². The molecule has 1 aromatic carbocycles. The van der Waals surface area contributed by atoms with E-state index < -0.39 is 0 Å². The number of para-hydroxylation sites is 1. The van der Waals surface area contributed by atoms with Crippen molar-refractivity contribution < 1.29 is 9.53 Å². The Balaban J connectivity index is 2.16. The Labute approximate surface area is 116 Å². The molecule has 0 fully saturated rings. The average Bonchev–Trinajstić information content (AvgIpc) is 2.73. The summed E-state index contributed by atoms with van der Waals surface area (Å²) in [6.07, 6.45) is 0.742. The first-order chi connectivity index (χ1) is 8.20. The van der Waals surface area contributed by atoms with Crippen LogP contribution in [0.3, 0.4) is 0 Å². The largest absolute Gasteiger partial charge is 0.486 e. The van der Waals surface area contributed by atoms with Crippen LogP contribution in [-0.2, 0) is 6.61 Å². The first kappa shape index (κ1) is 12.6. The van der Waals surface area contributed by atoms with Gasteiger partial charge in [0.05, 0.1) is 14.4 Å². The molecule has 5 heteroatoms. The summed E-state index contributed by atoms with van der Waals surface area (Å²) in [4.78, 5) is 11.9. The van der Waals surface area contributed by atoms with Crippen molar-refractivity contribution in [2.24, 2.45) is 0 Å². The minimum Gasteiger partial charge on any atom is -0.486 e. The van der Waals surface area contributed by atoms with Crippen LogP contribution in [0.25, 0.3) is 0 Å². The van der Waals surface area contributed by atoms with E-state index >= 15 is 0 Å². The summed E-state index contributed by atoms with van der Waals surface area (Å²) in [5.74, 6) is 0.439. The molecule has 88 valence electrons. The zero-order valence-electron chi connectivity index (χ0n) is 8.65. The topological polar surface area (TPSA) is 26.3 Å². The molecule has 0 unspecified atom stereocenters. The van der Waals surface area contributed by atoms with Crippen molar-refractivity contribution in [1.82, 2.24) is 0 Å². The lowest BCUT2D eigenvalue weighted by molar-refractivity contribution is 0.111. The lowest BCUT2D eigenvalue weighted by atomic mass is 10.2. The van der Waals surface area contributed by atoms with Crippen LogP contribution in [0.2, 0.25) is 5.02 Å². The predicted molar refractivity (Wildman–Crippen MR) is 73.2 cm³/mol. The van der Waals surface area contributed by atoms with Crippen molar-refractivity contribution in [3.05, 3.63) is 49.6 Å². The van der Waals surface area contributed by atoms with Gasteiger partial charge in [-0.2, -0.15) is 0 Å². The summed E-state index contributed by atoms with van der Waals surface area (Å²) < 4.78 is 6.63. The molecule has 1 heterocycles. The van der Waals surface area contributed by atoms with Gasteiger partial charge in [0.15, 0.2) is 6.29 Å². The van der Waals surface area contributed by atoms with Gasteiger partial charge < -0.3 is 4.74 Å². The van der Waals surface area contributed by atoms with Crippen LogP contribution in [0.5, 0.6) is 5.75 Å². The fourth-order valence-corrected chi connectivity index (χ4v) is 2.98. The van der Waals surface area contributed by atoms with Gasteiger partial charge in [-0.1, -0.05) is 17.7 Å². The van der Waals surface area contributed by atoms with Crippen LogP contribution >= 0.6 is 38.9 Å². The Morgan fingerprint density at radius 3 is 2.82 bits per heavy atom. The van der Waals surface area contributed by atoms with Crippen LogP contribution in [0, 0.1) is 0 Å². The van der Waals surface area contributed by atoms with E-state index in [1.165, 1.54) is 0 Å². The maximum atomic E-state index is 10.9. The van der Waals surface area contributed by atoms with Gasteiger partial charge in [0.2, 0.25) is 0 Å². The molecule has 0 spiro atoms. The second kappa shape index (κ2) is 5.67. The van der Waals surface area contributed by atoms with Gasteiger partial charge in [0.1, 0.15) is 12.4 Å². The maximum Gasteiger partial charge on any atom is 0.153 e. The highest BCUT2D eigenvalue weighted by Crippen LogP contribution is 2.29. The van der Waals surface area contributed by atoms with E-state index in [1.54, 1.807) is 29.5 Å². The van der Waals surface area contributed by atoms with Gasteiger partial charge in [-0.25, -0.2) is 0 Å². The summed E-state index contributed by atoms with van der Waals surface area (Å²) in [5.41, 5.74) is 0.466. The Kier molecular flexibility index (Phi) is 4.20. The van der Waals surface area contributed by atoms with Crippen LogP contribution in [0.4, 0.5) is 0 Å². The quantitative estimate of drug-likeness (QED) is 0.768. The number of carbonyl (C=O) groups is 1. The van der Waals surface area contributed by atoms with Crippen molar-refractivity contribution in [2.75, 3.05) is 0 Å². The monoisotopic (exact) mass is 330 g/mol. The molecular formula is C12H8BrClO2S. The number of halogens is 2. The highest BCUT2D eigenvalue weighted by Gasteiger charge is 2.08. The molecular weight excluding hydrogens is 324 g/mol. The smallest absolute Gasteiger partial charge is 0.153 e. The molecule has 2 aromatic rings. The lowest BCUT2D eigenvalue weighted by Crippen LogP contribution is -1.97. The molecule has 1 aromatic heterocycles. The third kappa shape index (κ3) is 3.09. The second-order valence-electron chi connectivity index (χ2n) is 3.27. The Morgan fingerprint density at radius 2 is 2.18 bits per heavy atom. The highest BCUT2D eigenvalue weighted by molar-refractivity contribution is 9.11. The van der Waals surface area contributed by atoms with Crippen LogP contribution in [-0.4, -0.2) is 6.29 Å². The van der Waals surface area contributed by atoms with Crippen molar-refractivity contribution in [2.45, 2.75) is 6.61 Å². The minimum atomic E-state index is 0.404. The molecule has 0 amide bonds. The van der Waals surface area contributed by atoms with E-state index in [0.717, 1.165) is 14.9 Å². The number of aldehydes is 1. The predicted octanol–water partition coefficient (Wildman–Crippen LogP) is 4.56. The molecule has 0 bridgehead atoms. The number of thiophene rings is 1. The SMILES string of the molecule is O=Cc1cccc(Cl)c1OCc1ccc(Br)s1. The summed E-state index contributed by atoms with van der Waals surface area (Å²) in [6, 6.07) is 9.02. The van der Waals surface area contributed by atoms with Crippen molar-refractivity contribution in [1.29, 1.82) is 0 Å². The Bertz CT molecular complexity index is 539. The number of hydrogen-bond acceptors (Lipinski definition) is 3. The molecule has 0 radical (unpaired) electrons. The number of hydrogen-bond donors (Lipinski definition) is 0. The van der Waals surface area contributed by atoms with Crippen molar-refractivity contribution in [3.63, 3.8) is 0 Å². The molecule has 2 rings (SSSR count). The molecule has 0 saturated heterocycles. The fraction of sp³-hybridized carbons (Fsp3) is 0.0833. The molecule has 0 aliphatic rings. The first-order valence-corrected chi connectivity index (χ1v) is 6.80. The third-order valence-corrected chi connectivity index (χ3v) is 4.01. The maximum absolute atomic E-state index is 10.9. The highest BCUT2D eigenvalue weighted by atomic mass is 79.9. The zero-order chi connectivity index (χ0) is 12.3. The Hall–Kier alpha value is -0.840. The fourth-order valence-electron chi connectivity index (χ4n) is 1.34. The van der Waals surface area contributed by atoms with E-state index in [9.17, 15) is 4.79 Å². The van der Waals surface area contributed by atoms with E-state index in [4.69, 9.17) is 16.3 Å². The summed E-state index contributed by atoms with van der Waals surface area (Å²) in [6.45, 7) is 0.404. The van der Waals surface area contributed by atoms with E-state index in [1.807, 2.05) is 12.1 Å². The molecule has 0 N–H and O–H groups in total. The number of benzene rings is 1. The van der Waals surface area contributed by atoms with Crippen LogP contribution in [0.1, 0.15) is 15.2 Å². The van der Waals surface area contributed by atoms with Crippen molar-refractivity contribution >= 4 is 45.2 Å². The van der Waals surface area contributed by atoms with Gasteiger partial charge in [0, 0.05) is 4.88 Å². The Morgan fingerprint density at radius 1 is 1.35 bits per heavy atom. The summed E-state index contributed by atoms with van der Waals surface area (Å²) >= 11 is 11.0. The van der Waals surface area contributed by atoms with Gasteiger partial charge in [-0.3, -0.25) is 4.79 Å². The summed E-state index contributed by atoms with van der Waals surface area (Å²) in [7, 11) is 0. The van der Waals surface area contributed by atoms with Gasteiger partial charge in [-0.05, 0) is 40.2 Å². The van der Waals surface area contributed by atoms with Gasteiger partial charge in [0.25, 0.3) is 0 Å². The zero-order valence-corrected chi connectivity index (χ0v) is 11.8. The second-order valence-corrected chi connectivity index (χ2v) is 6.23. The molecule has 2 nitrogen and oxygen atoms in total. The van der Waals surface area contributed by atoms with E-state index in [0.29, 0.717) is 22.9 Å². The number of carbonyl (C=O) groups excluding carboxylic acids is 1. The average molecular weight is 332 g/mol. The lowest BCUT2D eigenvalue weighted by Gasteiger charge is -2.08. The van der Waals surface area contributed by atoms with Crippen LogP contribution in [0.15, 0.2) is 34.1 Å². The number of ether oxygens (including phenoxy) is 1. The van der Waals surface area contributed by atoms with Crippen LogP contribution < -0.4 is 4.74 Å². The minimum absolute atomic E-state index is 0.404. The molecule has 0 aliphatic heterocycles. The number of rotatable bonds is 4. The molecule has 0 aliphatic carbocycles. The van der Waals surface area contributed by atoms with E-state index in [2.05, 4.69) is 15.9 Å². The molecule has 0 atom stereocenters.